The van der Waals surface area contributed by atoms with E-state index in [1.807, 2.05) is 6.07 Å². The van der Waals surface area contributed by atoms with Gasteiger partial charge in [0.05, 0.1) is 0 Å². The zero-order valence-corrected chi connectivity index (χ0v) is 13.2. The third-order valence-electron chi connectivity index (χ3n) is 4.77. The molecular formula is C18H29NO. The normalized spacial score (nSPS) is 20.4. The number of rotatable bonds is 4. The summed E-state index contributed by atoms with van der Waals surface area (Å²) >= 11 is 0. The Morgan fingerprint density at radius 2 is 1.75 bits per heavy atom. The Morgan fingerprint density at radius 3 is 2.40 bits per heavy atom. The highest BCUT2D eigenvalue weighted by atomic mass is 16.3. The van der Waals surface area contributed by atoms with Crippen LogP contribution in [0.2, 0.25) is 0 Å². The summed E-state index contributed by atoms with van der Waals surface area (Å²) in [4.78, 5) is 0. The second-order valence-electron chi connectivity index (χ2n) is 6.49. The van der Waals surface area contributed by atoms with Crippen LogP contribution in [-0.2, 0) is 0 Å². The minimum atomic E-state index is 0.202. The van der Waals surface area contributed by atoms with Crippen molar-refractivity contribution in [1.82, 2.24) is 5.32 Å². The van der Waals surface area contributed by atoms with Crippen molar-refractivity contribution < 1.29 is 5.11 Å². The lowest BCUT2D eigenvalue weighted by atomic mass is 9.92. The molecule has 1 fully saturated rings. The summed E-state index contributed by atoms with van der Waals surface area (Å²) < 4.78 is 0. The predicted octanol–water partition coefficient (Wildman–Crippen LogP) is 4.71. The van der Waals surface area contributed by atoms with Crippen LogP contribution in [-0.4, -0.2) is 11.1 Å². The van der Waals surface area contributed by atoms with E-state index in [9.17, 15) is 5.11 Å². The highest BCUT2D eigenvalue weighted by molar-refractivity contribution is 5.37. The maximum absolute atomic E-state index is 10.0. The molecule has 0 aliphatic heterocycles. The number of aromatic hydroxyl groups is 1. The number of phenols is 1. The molecule has 1 aliphatic rings. The quantitative estimate of drug-likeness (QED) is 0.780. The monoisotopic (exact) mass is 275 g/mol. The Hall–Kier alpha value is -1.02. The van der Waals surface area contributed by atoms with Crippen molar-refractivity contribution in [3.05, 3.63) is 29.3 Å². The van der Waals surface area contributed by atoms with E-state index in [0.717, 1.165) is 11.5 Å². The first-order valence-corrected chi connectivity index (χ1v) is 8.13. The zero-order chi connectivity index (χ0) is 14.5. The van der Waals surface area contributed by atoms with Crippen LogP contribution >= 0.6 is 0 Å². The van der Waals surface area contributed by atoms with Gasteiger partial charge in [-0.25, -0.2) is 0 Å². The summed E-state index contributed by atoms with van der Waals surface area (Å²) in [6.07, 6.45) is 8.25. The molecule has 2 N–H and O–H groups in total. The lowest BCUT2D eigenvalue weighted by molar-refractivity contribution is 0.313. The fourth-order valence-corrected chi connectivity index (χ4v) is 3.45. The Kier molecular flexibility index (Phi) is 5.47. The maximum Gasteiger partial charge on any atom is 0.120 e. The van der Waals surface area contributed by atoms with E-state index in [2.05, 4.69) is 32.2 Å². The van der Waals surface area contributed by atoms with Crippen LogP contribution in [0.5, 0.6) is 5.75 Å². The van der Waals surface area contributed by atoms with Gasteiger partial charge in [0.25, 0.3) is 0 Å². The molecule has 2 atom stereocenters. The summed E-state index contributed by atoms with van der Waals surface area (Å²) in [5.74, 6) is 1.19. The predicted molar refractivity (Wildman–Crippen MR) is 85.0 cm³/mol. The van der Waals surface area contributed by atoms with Gasteiger partial charge in [0.1, 0.15) is 5.75 Å². The van der Waals surface area contributed by atoms with Crippen molar-refractivity contribution in [2.45, 2.75) is 71.4 Å². The van der Waals surface area contributed by atoms with Crippen LogP contribution in [0, 0.1) is 12.8 Å². The van der Waals surface area contributed by atoms with Crippen LogP contribution in [0.1, 0.15) is 69.5 Å². The van der Waals surface area contributed by atoms with Crippen molar-refractivity contribution in [1.29, 1.82) is 0 Å². The molecule has 0 aromatic heterocycles. The number of hydrogen-bond acceptors (Lipinski definition) is 2. The Bertz CT molecular complexity index is 421. The van der Waals surface area contributed by atoms with Gasteiger partial charge in [-0.1, -0.05) is 43.4 Å². The van der Waals surface area contributed by atoms with E-state index in [1.165, 1.54) is 44.1 Å². The molecule has 1 aromatic carbocycles. The summed E-state index contributed by atoms with van der Waals surface area (Å²) in [5.41, 5.74) is 2.22. The molecule has 1 aromatic rings. The lowest BCUT2D eigenvalue weighted by Crippen LogP contribution is -2.35. The minimum Gasteiger partial charge on any atom is -0.508 e. The number of phenolic OH excluding ortho intramolecular Hbond substituents is 1. The lowest BCUT2D eigenvalue weighted by Gasteiger charge is -2.27. The van der Waals surface area contributed by atoms with Gasteiger partial charge >= 0.3 is 0 Å². The highest BCUT2D eigenvalue weighted by Crippen LogP contribution is 2.29. The van der Waals surface area contributed by atoms with Crippen LogP contribution in [0.25, 0.3) is 0 Å². The highest BCUT2D eigenvalue weighted by Gasteiger charge is 2.21. The van der Waals surface area contributed by atoms with E-state index in [1.54, 1.807) is 6.07 Å². The molecule has 1 aliphatic carbocycles. The first kappa shape index (κ1) is 15.4. The fourth-order valence-electron chi connectivity index (χ4n) is 3.45. The summed E-state index contributed by atoms with van der Waals surface area (Å²) in [6.45, 7) is 6.53. The number of benzene rings is 1. The molecule has 0 bridgehead atoms. The van der Waals surface area contributed by atoms with Gasteiger partial charge in [-0.2, -0.15) is 0 Å². The topological polar surface area (TPSA) is 32.3 Å². The van der Waals surface area contributed by atoms with Gasteiger partial charge in [-0.05, 0) is 45.6 Å². The minimum absolute atomic E-state index is 0.202. The second-order valence-corrected chi connectivity index (χ2v) is 6.49. The van der Waals surface area contributed by atoms with Crippen molar-refractivity contribution in [2.75, 3.05) is 0 Å². The average molecular weight is 275 g/mol. The zero-order valence-electron chi connectivity index (χ0n) is 13.2. The van der Waals surface area contributed by atoms with Crippen molar-refractivity contribution in [3.63, 3.8) is 0 Å². The summed E-state index contributed by atoms with van der Waals surface area (Å²) in [6, 6.07) is 6.57. The van der Waals surface area contributed by atoms with E-state index in [4.69, 9.17) is 0 Å². The Labute approximate surface area is 123 Å². The fraction of sp³-hybridized carbons (Fsp3) is 0.667. The van der Waals surface area contributed by atoms with Gasteiger partial charge in [0, 0.05) is 17.6 Å². The van der Waals surface area contributed by atoms with Gasteiger partial charge in [-0.3, -0.25) is 0 Å². The first-order valence-electron chi connectivity index (χ1n) is 8.13. The van der Waals surface area contributed by atoms with E-state index in [0.29, 0.717) is 11.8 Å². The molecule has 20 heavy (non-hydrogen) atoms. The molecule has 2 rings (SSSR count). The van der Waals surface area contributed by atoms with Gasteiger partial charge in [0.2, 0.25) is 0 Å². The molecule has 0 amide bonds. The van der Waals surface area contributed by atoms with E-state index in [-0.39, 0.29) is 6.04 Å². The standard InChI is InChI=1S/C18H29NO/c1-13-10-11-18(20)17(12-13)15(3)19-14(2)16-8-6-4-5-7-9-16/h10-12,14-16,19-20H,4-9H2,1-3H3/t14-,15?/m0/s1. The number of aryl methyl sites for hydroxylation is 1. The number of hydrogen-bond donors (Lipinski definition) is 2. The van der Waals surface area contributed by atoms with Crippen LogP contribution in [0.4, 0.5) is 0 Å². The van der Waals surface area contributed by atoms with Crippen LogP contribution in [0.15, 0.2) is 18.2 Å². The average Bonchev–Trinajstić information content (AvgIpc) is 2.70. The van der Waals surface area contributed by atoms with Gasteiger partial charge < -0.3 is 10.4 Å². The molecular weight excluding hydrogens is 246 g/mol. The molecule has 112 valence electrons. The molecule has 1 saturated carbocycles. The molecule has 0 radical (unpaired) electrons. The first-order chi connectivity index (χ1) is 9.58. The van der Waals surface area contributed by atoms with Crippen molar-refractivity contribution >= 4 is 0 Å². The third kappa shape index (κ3) is 3.99. The van der Waals surface area contributed by atoms with Crippen LogP contribution < -0.4 is 5.32 Å². The Morgan fingerprint density at radius 1 is 1.10 bits per heavy atom. The smallest absolute Gasteiger partial charge is 0.120 e. The molecule has 2 heteroatoms. The van der Waals surface area contributed by atoms with Crippen molar-refractivity contribution in [3.8, 4) is 5.75 Å². The summed E-state index contributed by atoms with van der Waals surface area (Å²) in [7, 11) is 0. The van der Waals surface area contributed by atoms with Gasteiger partial charge in [0.15, 0.2) is 0 Å². The molecule has 0 saturated heterocycles. The summed E-state index contributed by atoms with van der Waals surface area (Å²) in [5, 5.41) is 13.7. The van der Waals surface area contributed by atoms with E-state index < -0.39 is 0 Å². The molecule has 1 unspecified atom stereocenters. The van der Waals surface area contributed by atoms with Crippen molar-refractivity contribution in [2.24, 2.45) is 5.92 Å². The molecule has 0 spiro atoms. The van der Waals surface area contributed by atoms with Gasteiger partial charge in [-0.15, -0.1) is 0 Å². The largest absolute Gasteiger partial charge is 0.508 e. The second kappa shape index (κ2) is 7.12. The van der Waals surface area contributed by atoms with E-state index >= 15 is 0 Å². The maximum atomic E-state index is 10.0. The third-order valence-corrected chi connectivity index (χ3v) is 4.77. The Balaban J connectivity index is 1.99. The molecule has 0 heterocycles. The number of nitrogens with one attached hydrogen (secondary N) is 1. The molecule has 2 nitrogen and oxygen atoms in total. The SMILES string of the molecule is Cc1ccc(O)c(C(C)N[C@@H](C)C2CCCCCC2)c1. The van der Waals surface area contributed by atoms with Crippen LogP contribution in [0.3, 0.4) is 0 Å².